The molecule has 0 saturated carbocycles. The fraction of sp³-hybridized carbons (Fsp3) is 0.312. The average Bonchev–Trinajstić information content (AvgIpc) is 2.53. The Labute approximate surface area is 130 Å². The van der Waals surface area contributed by atoms with Crippen LogP contribution in [0.4, 0.5) is 5.69 Å². The van der Waals surface area contributed by atoms with Crippen LogP contribution in [0, 0.1) is 0 Å². The smallest absolute Gasteiger partial charge is 0.222 e. The van der Waals surface area contributed by atoms with Crippen LogP contribution in [-0.4, -0.2) is 36.6 Å². The Kier molecular flexibility index (Phi) is 6.98. The summed E-state index contributed by atoms with van der Waals surface area (Å²) in [5.41, 5.74) is 8.23. The lowest BCUT2D eigenvalue weighted by Crippen LogP contribution is -2.48. The van der Waals surface area contributed by atoms with Crippen molar-refractivity contribution in [2.45, 2.75) is 26.1 Å². The van der Waals surface area contributed by atoms with Crippen LogP contribution in [0.25, 0.3) is 6.08 Å². The molecule has 1 rings (SSSR count). The van der Waals surface area contributed by atoms with Gasteiger partial charge in [0.1, 0.15) is 0 Å². The molecule has 0 spiro atoms. The van der Waals surface area contributed by atoms with E-state index in [4.69, 9.17) is 5.73 Å². The van der Waals surface area contributed by atoms with E-state index in [1.165, 1.54) is 0 Å². The van der Waals surface area contributed by atoms with E-state index in [0.717, 1.165) is 11.1 Å². The first-order valence-electron chi connectivity index (χ1n) is 7.01. The van der Waals surface area contributed by atoms with Crippen molar-refractivity contribution in [2.24, 2.45) is 10.7 Å². The number of nitrogens with two attached hydrogens (primary N) is 1. The van der Waals surface area contributed by atoms with Gasteiger partial charge < -0.3 is 16.0 Å². The second-order valence-corrected chi connectivity index (χ2v) is 4.73. The second kappa shape index (κ2) is 8.74. The van der Waals surface area contributed by atoms with Crippen LogP contribution in [0.15, 0.2) is 29.8 Å². The molecule has 1 aromatic rings. The van der Waals surface area contributed by atoms with Crippen molar-refractivity contribution in [3.05, 3.63) is 35.9 Å². The molecule has 0 radical (unpaired) electrons. The van der Waals surface area contributed by atoms with Gasteiger partial charge in [-0.15, -0.1) is 0 Å². The minimum Gasteiger partial charge on any atom is -0.342 e. The summed E-state index contributed by atoms with van der Waals surface area (Å²) in [5.74, 6) is -0.0462. The molecule has 1 atom stereocenters. The van der Waals surface area contributed by atoms with Crippen LogP contribution in [0.2, 0.25) is 0 Å². The molecule has 1 unspecified atom stereocenters. The van der Waals surface area contributed by atoms with E-state index in [2.05, 4.69) is 23.6 Å². The van der Waals surface area contributed by atoms with E-state index in [0.29, 0.717) is 25.1 Å². The molecule has 0 aliphatic rings. The fourth-order valence-corrected chi connectivity index (χ4v) is 2.17. The summed E-state index contributed by atoms with van der Waals surface area (Å²) in [6.45, 7) is 9.70. The summed E-state index contributed by atoms with van der Waals surface area (Å²) < 4.78 is 0. The number of nitrogens with zero attached hydrogens (tertiary/aromatic N) is 2. The van der Waals surface area contributed by atoms with E-state index in [9.17, 15) is 9.59 Å². The van der Waals surface area contributed by atoms with Gasteiger partial charge in [-0.25, -0.2) is 0 Å². The van der Waals surface area contributed by atoms with E-state index >= 15 is 0 Å². The highest BCUT2D eigenvalue weighted by atomic mass is 16.2. The molecule has 1 aromatic carbocycles. The van der Waals surface area contributed by atoms with Gasteiger partial charge in [0.2, 0.25) is 12.3 Å². The van der Waals surface area contributed by atoms with Gasteiger partial charge in [0.05, 0.1) is 18.4 Å². The standard InChI is InChI=1S/C16H22N4O2/c1-4-13-12(7-6-8-14(13)18-3)9-20(16(22)5-2)10-15(17)19-11-21/h4,6-8,11,15H,1,3,5,9-10,17H2,2H3,(H,19,21). The zero-order valence-corrected chi connectivity index (χ0v) is 12.8. The quantitative estimate of drug-likeness (QED) is 0.411. The van der Waals surface area contributed by atoms with E-state index in [-0.39, 0.29) is 12.5 Å². The number of benzene rings is 1. The largest absolute Gasteiger partial charge is 0.342 e. The predicted molar refractivity (Wildman–Crippen MR) is 88.6 cm³/mol. The molecule has 0 bridgehead atoms. The summed E-state index contributed by atoms with van der Waals surface area (Å²) in [7, 11) is 0. The third-order valence-electron chi connectivity index (χ3n) is 3.26. The maximum Gasteiger partial charge on any atom is 0.222 e. The molecule has 0 aliphatic carbocycles. The van der Waals surface area contributed by atoms with Crippen molar-refractivity contribution in [2.75, 3.05) is 6.54 Å². The van der Waals surface area contributed by atoms with Crippen molar-refractivity contribution < 1.29 is 9.59 Å². The van der Waals surface area contributed by atoms with Crippen molar-refractivity contribution in [3.8, 4) is 0 Å². The minimum absolute atomic E-state index is 0.0462. The summed E-state index contributed by atoms with van der Waals surface area (Å²) in [6, 6.07) is 5.59. The Balaban J connectivity index is 3.03. The monoisotopic (exact) mass is 302 g/mol. The van der Waals surface area contributed by atoms with Gasteiger partial charge >= 0.3 is 0 Å². The molecular formula is C16H22N4O2. The number of carbonyl (C=O) groups is 2. The van der Waals surface area contributed by atoms with E-state index in [1.54, 1.807) is 17.9 Å². The SMILES string of the molecule is C=Cc1c(CN(CC(N)NC=O)C(=O)CC)cccc1N=C. The van der Waals surface area contributed by atoms with Gasteiger partial charge in [0.15, 0.2) is 0 Å². The number of hydrogen-bond acceptors (Lipinski definition) is 4. The van der Waals surface area contributed by atoms with Gasteiger partial charge in [-0.05, 0) is 18.3 Å². The average molecular weight is 302 g/mol. The van der Waals surface area contributed by atoms with Crippen LogP contribution in [-0.2, 0) is 16.1 Å². The van der Waals surface area contributed by atoms with Gasteiger partial charge in [-0.2, -0.15) is 0 Å². The van der Waals surface area contributed by atoms with Crippen LogP contribution in [0.3, 0.4) is 0 Å². The van der Waals surface area contributed by atoms with Gasteiger partial charge in [0.25, 0.3) is 0 Å². The highest BCUT2D eigenvalue weighted by molar-refractivity contribution is 5.76. The minimum atomic E-state index is -0.610. The summed E-state index contributed by atoms with van der Waals surface area (Å²) in [6.07, 6.45) is 1.96. The number of nitrogens with one attached hydrogen (secondary N) is 1. The molecule has 22 heavy (non-hydrogen) atoms. The van der Waals surface area contributed by atoms with Crippen LogP contribution in [0.1, 0.15) is 24.5 Å². The third kappa shape index (κ3) is 4.53. The molecule has 0 aromatic heterocycles. The lowest BCUT2D eigenvalue weighted by Gasteiger charge is -2.26. The zero-order valence-electron chi connectivity index (χ0n) is 12.8. The van der Waals surface area contributed by atoms with Crippen LogP contribution in [0.5, 0.6) is 0 Å². The summed E-state index contributed by atoms with van der Waals surface area (Å²) >= 11 is 0. The van der Waals surface area contributed by atoms with E-state index in [1.807, 2.05) is 18.2 Å². The molecule has 0 aliphatic heterocycles. The predicted octanol–water partition coefficient (Wildman–Crippen LogP) is 1.43. The highest BCUT2D eigenvalue weighted by Gasteiger charge is 2.17. The Morgan fingerprint density at radius 2 is 2.27 bits per heavy atom. The second-order valence-electron chi connectivity index (χ2n) is 4.73. The van der Waals surface area contributed by atoms with Crippen molar-refractivity contribution in [3.63, 3.8) is 0 Å². The first-order valence-corrected chi connectivity index (χ1v) is 7.01. The summed E-state index contributed by atoms with van der Waals surface area (Å²) in [5, 5.41) is 2.45. The Morgan fingerprint density at radius 1 is 1.55 bits per heavy atom. The maximum atomic E-state index is 12.1. The molecule has 0 saturated heterocycles. The first kappa shape index (κ1) is 17.6. The third-order valence-corrected chi connectivity index (χ3v) is 3.26. The molecule has 3 N–H and O–H groups in total. The molecule has 118 valence electrons. The lowest BCUT2D eigenvalue weighted by atomic mass is 10.0. The van der Waals surface area contributed by atoms with E-state index < -0.39 is 6.17 Å². The van der Waals surface area contributed by atoms with Crippen molar-refractivity contribution in [1.82, 2.24) is 10.2 Å². The maximum absolute atomic E-state index is 12.1. The Morgan fingerprint density at radius 3 is 2.82 bits per heavy atom. The number of rotatable bonds is 9. The van der Waals surface area contributed by atoms with Gasteiger partial charge in [-0.3, -0.25) is 14.6 Å². The molecule has 6 nitrogen and oxygen atoms in total. The normalized spacial score (nSPS) is 11.4. The molecular weight excluding hydrogens is 280 g/mol. The number of aliphatic imine (C=N–C) groups is 1. The topological polar surface area (TPSA) is 87.8 Å². The lowest BCUT2D eigenvalue weighted by molar-refractivity contribution is -0.132. The number of amides is 2. The molecule has 0 heterocycles. The summed E-state index contributed by atoms with van der Waals surface area (Å²) in [4.78, 5) is 28.1. The molecule has 0 fully saturated rings. The van der Waals surface area contributed by atoms with Crippen molar-refractivity contribution in [1.29, 1.82) is 0 Å². The first-order chi connectivity index (χ1) is 10.6. The Bertz CT molecular complexity index is 557. The number of hydrogen-bond donors (Lipinski definition) is 2. The Hall–Kier alpha value is -2.47. The molecule has 2 amide bonds. The van der Waals surface area contributed by atoms with Crippen LogP contribution >= 0.6 is 0 Å². The van der Waals surface area contributed by atoms with Gasteiger partial charge in [0, 0.05) is 18.5 Å². The zero-order chi connectivity index (χ0) is 16.5. The highest BCUT2D eigenvalue weighted by Crippen LogP contribution is 2.25. The fourth-order valence-electron chi connectivity index (χ4n) is 2.17. The van der Waals surface area contributed by atoms with Crippen molar-refractivity contribution >= 4 is 30.8 Å². The van der Waals surface area contributed by atoms with Crippen LogP contribution < -0.4 is 11.1 Å². The van der Waals surface area contributed by atoms with Gasteiger partial charge in [-0.1, -0.05) is 31.7 Å². The number of carbonyl (C=O) groups excluding carboxylic acids is 2. The molecule has 6 heteroatoms.